The summed E-state index contributed by atoms with van der Waals surface area (Å²) in [5, 5.41) is 11.6. The van der Waals surface area contributed by atoms with E-state index in [9.17, 15) is 4.79 Å². The quantitative estimate of drug-likeness (QED) is 0.730. The number of carbonyl (C=O) groups is 1. The summed E-state index contributed by atoms with van der Waals surface area (Å²) < 4.78 is 0. The molecule has 0 spiro atoms. The molecule has 3 rings (SSSR count). The Bertz CT molecular complexity index is 897. The summed E-state index contributed by atoms with van der Waals surface area (Å²) in [6.45, 7) is 2.61. The lowest BCUT2D eigenvalue weighted by Gasteiger charge is -2.17. The van der Waals surface area contributed by atoms with Crippen LogP contribution in [0.15, 0.2) is 60.7 Å². The van der Waals surface area contributed by atoms with E-state index in [1.165, 1.54) is 5.56 Å². The van der Waals surface area contributed by atoms with E-state index >= 15 is 0 Å². The second kappa shape index (κ2) is 7.97. The van der Waals surface area contributed by atoms with Gasteiger partial charge in [0, 0.05) is 24.3 Å². The zero-order chi connectivity index (χ0) is 18.5. The third kappa shape index (κ3) is 4.37. The first-order valence-electron chi connectivity index (χ1n) is 8.19. The molecule has 0 aliphatic carbocycles. The Balaban J connectivity index is 1.68. The number of aryl methyl sites for hydroxylation is 1. The van der Waals surface area contributed by atoms with Gasteiger partial charge in [-0.1, -0.05) is 48.0 Å². The number of aromatic nitrogens is 2. The number of hydrogen-bond acceptors (Lipinski definition) is 4. The SMILES string of the molecule is Cc1ccc(Cl)cc1NC(=O)c1ccc(N(C)Cc2ccccc2)nn1. The summed E-state index contributed by atoms with van der Waals surface area (Å²) >= 11 is 5.98. The molecule has 1 aromatic heterocycles. The average molecular weight is 367 g/mol. The van der Waals surface area contributed by atoms with Crippen LogP contribution < -0.4 is 10.2 Å². The van der Waals surface area contributed by atoms with E-state index in [0.29, 0.717) is 23.1 Å². The van der Waals surface area contributed by atoms with Crippen LogP contribution in [-0.4, -0.2) is 23.2 Å². The molecule has 132 valence electrons. The minimum atomic E-state index is -0.319. The van der Waals surface area contributed by atoms with Crippen molar-refractivity contribution in [1.82, 2.24) is 10.2 Å². The number of benzene rings is 2. The van der Waals surface area contributed by atoms with E-state index in [-0.39, 0.29) is 11.6 Å². The first-order chi connectivity index (χ1) is 12.5. The summed E-state index contributed by atoms with van der Waals surface area (Å²) in [5.74, 6) is 0.379. The maximum absolute atomic E-state index is 12.4. The lowest BCUT2D eigenvalue weighted by molar-refractivity contribution is 0.102. The van der Waals surface area contributed by atoms with Gasteiger partial charge in [0.25, 0.3) is 5.91 Å². The number of halogens is 1. The number of nitrogens with one attached hydrogen (secondary N) is 1. The highest BCUT2D eigenvalue weighted by molar-refractivity contribution is 6.31. The van der Waals surface area contributed by atoms with Gasteiger partial charge in [-0.25, -0.2) is 0 Å². The van der Waals surface area contributed by atoms with Crippen LogP contribution in [0.2, 0.25) is 5.02 Å². The van der Waals surface area contributed by atoms with E-state index in [1.807, 2.05) is 43.1 Å². The molecule has 0 saturated heterocycles. The van der Waals surface area contributed by atoms with Crippen LogP contribution in [0, 0.1) is 6.92 Å². The van der Waals surface area contributed by atoms with Crippen LogP contribution in [0.25, 0.3) is 0 Å². The highest BCUT2D eigenvalue weighted by Crippen LogP contribution is 2.21. The van der Waals surface area contributed by atoms with Crippen molar-refractivity contribution in [3.05, 3.63) is 82.5 Å². The second-order valence-electron chi connectivity index (χ2n) is 6.03. The normalized spacial score (nSPS) is 10.4. The fraction of sp³-hybridized carbons (Fsp3) is 0.150. The molecule has 2 aromatic carbocycles. The summed E-state index contributed by atoms with van der Waals surface area (Å²) in [4.78, 5) is 14.4. The Kier molecular flexibility index (Phi) is 5.49. The van der Waals surface area contributed by atoms with Crippen LogP contribution in [-0.2, 0) is 6.54 Å². The van der Waals surface area contributed by atoms with Crippen LogP contribution in [0.1, 0.15) is 21.6 Å². The molecule has 0 atom stereocenters. The van der Waals surface area contributed by atoms with Gasteiger partial charge in [0.1, 0.15) is 0 Å². The van der Waals surface area contributed by atoms with Crippen molar-refractivity contribution in [2.24, 2.45) is 0 Å². The van der Waals surface area contributed by atoms with Crippen LogP contribution in [0.3, 0.4) is 0 Å². The molecule has 0 unspecified atom stereocenters. The fourth-order valence-corrected chi connectivity index (χ4v) is 2.68. The highest BCUT2D eigenvalue weighted by atomic mass is 35.5. The molecule has 0 radical (unpaired) electrons. The van der Waals surface area contributed by atoms with Crippen molar-refractivity contribution < 1.29 is 4.79 Å². The van der Waals surface area contributed by atoms with Crippen LogP contribution in [0.4, 0.5) is 11.5 Å². The summed E-state index contributed by atoms with van der Waals surface area (Å²) in [6.07, 6.45) is 0. The number of anilines is 2. The largest absolute Gasteiger partial charge is 0.354 e. The molecular weight excluding hydrogens is 348 g/mol. The molecule has 1 N–H and O–H groups in total. The molecule has 1 heterocycles. The van der Waals surface area contributed by atoms with Gasteiger partial charge in [-0.05, 0) is 42.3 Å². The second-order valence-corrected chi connectivity index (χ2v) is 6.47. The van der Waals surface area contributed by atoms with E-state index in [4.69, 9.17) is 11.6 Å². The summed E-state index contributed by atoms with van der Waals surface area (Å²) in [7, 11) is 1.94. The molecule has 0 aliphatic heterocycles. The van der Waals surface area contributed by atoms with Crippen molar-refractivity contribution in [1.29, 1.82) is 0 Å². The maximum Gasteiger partial charge on any atom is 0.276 e. The molecule has 3 aromatic rings. The Morgan fingerprint density at radius 1 is 1.08 bits per heavy atom. The fourth-order valence-electron chi connectivity index (χ4n) is 2.50. The van der Waals surface area contributed by atoms with Gasteiger partial charge >= 0.3 is 0 Å². The van der Waals surface area contributed by atoms with E-state index in [1.54, 1.807) is 24.3 Å². The van der Waals surface area contributed by atoms with Crippen molar-refractivity contribution >= 4 is 29.0 Å². The molecule has 1 amide bonds. The number of amides is 1. The molecule has 0 fully saturated rings. The lowest BCUT2D eigenvalue weighted by Crippen LogP contribution is -2.20. The van der Waals surface area contributed by atoms with Gasteiger partial charge in [-0.2, -0.15) is 0 Å². The standard InChI is InChI=1S/C20H19ClN4O/c1-14-8-9-16(21)12-18(14)22-20(26)17-10-11-19(24-23-17)25(2)13-15-6-4-3-5-7-15/h3-12H,13H2,1-2H3,(H,22,26). The molecule has 0 saturated carbocycles. The zero-order valence-corrected chi connectivity index (χ0v) is 15.4. The Labute approximate surface area is 157 Å². The highest BCUT2D eigenvalue weighted by Gasteiger charge is 2.12. The van der Waals surface area contributed by atoms with Crippen molar-refractivity contribution in [2.45, 2.75) is 13.5 Å². The van der Waals surface area contributed by atoms with Gasteiger partial charge in [0.2, 0.25) is 0 Å². The first kappa shape index (κ1) is 17.9. The average Bonchev–Trinajstić information content (AvgIpc) is 2.65. The number of carbonyl (C=O) groups excluding carboxylic acids is 1. The van der Waals surface area contributed by atoms with Gasteiger partial charge in [-0.15, -0.1) is 10.2 Å². The summed E-state index contributed by atoms with van der Waals surface area (Å²) in [6, 6.07) is 18.9. The monoisotopic (exact) mass is 366 g/mol. The van der Waals surface area contributed by atoms with Gasteiger partial charge < -0.3 is 10.2 Å². The predicted molar refractivity (Wildman–Crippen MR) is 105 cm³/mol. The number of nitrogens with zero attached hydrogens (tertiary/aromatic N) is 3. The van der Waals surface area contributed by atoms with Gasteiger partial charge in [0.15, 0.2) is 11.5 Å². The molecule has 6 heteroatoms. The lowest BCUT2D eigenvalue weighted by atomic mass is 10.2. The zero-order valence-electron chi connectivity index (χ0n) is 14.6. The molecule has 26 heavy (non-hydrogen) atoms. The molecular formula is C20H19ClN4O. The van der Waals surface area contributed by atoms with Gasteiger partial charge in [0.05, 0.1) is 0 Å². The number of rotatable bonds is 5. The van der Waals surface area contributed by atoms with Crippen LogP contribution in [0.5, 0.6) is 0 Å². The topological polar surface area (TPSA) is 58.1 Å². The Morgan fingerprint density at radius 3 is 2.54 bits per heavy atom. The summed E-state index contributed by atoms with van der Waals surface area (Å²) in [5.41, 5.74) is 3.01. The minimum absolute atomic E-state index is 0.251. The smallest absolute Gasteiger partial charge is 0.276 e. The molecule has 5 nitrogen and oxygen atoms in total. The molecule has 0 bridgehead atoms. The number of hydrogen-bond donors (Lipinski definition) is 1. The minimum Gasteiger partial charge on any atom is -0.354 e. The van der Waals surface area contributed by atoms with E-state index in [0.717, 1.165) is 5.56 Å². The third-order valence-electron chi connectivity index (χ3n) is 3.98. The van der Waals surface area contributed by atoms with E-state index < -0.39 is 0 Å². The third-order valence-corrected chi connectivity index (χ3v) is 4.22. The van der Waals surface area contributed by atoms with Gasteiger partial charge in [-0.3, -0.25) is 4.79 Å². The van der Waals surface area contributed by atoms with Crippen LogP contribution >= 0.6 is 11.6 Å². The van der Waals surface area contributed by atoms with E-state index in [2.05, 4.69) is 27.6 Å². The first-order valence-corrected chi connectivity index (χ1v) is 8.57. The Morgan fingerprint density at radius 2 is 1.85 bits per heavy atom. The Hall–Kier alpha value is -2.92. The van der Waals surface area contributed by atoms with Crippen molar-refractivity contribution in [2.75, 3.05) is 17.3 Å². The van der Waals surface area contributed by atoms with Crippen molar-refractivity contribution in [3.63, 3.8) is 0 Å². The predicted octanol–water partition coefficient (Wildman–Crippen LogP) is 4.33. The van der Waals surface area contributed by atoms with Crippen molar-refractivity contribution in [3.8, 4) is 0 Å². The maximum atomic E-state index is 12.4. The molecule has 0 aliphatic rings.